The zero-order valence-corrected chi connectivity index (χ0v) is 19.1. The van der Waals surface area contributed by atoms with Crippen molar-refractivity contribution in [1.29, 1.82) is 0 Å². The molecule has 1 aromatic heterocycles. The second-order valence-corrected chi connectivity index (χ2v) is 8.65. The van der Waals surface area contributed by atoms with Gasteiger partial charge in [0.15, 0.2) is 18.0 Å². The maximum absolute atomic E-state index is 12.5. The molecule has 3 atom stereocenters. The van der Waals surface area contributed by atoms with E-state index in [1.165, 1.54) is 0 Å². The van der Waals surface area contributed by atoms with E-state index in [1.807, 2.05) is 59.3 Å². The molecular formula is C25H27N6O4+. The molecule has 3 heterocycles. The van der Waals surface area contributed by atoms with Crippen LogP contribution < -0.4 is 10.5 Å². The topological polar surface area (TPSA) is 137 Å². The van der Waals surface area contributed by atoms with Gasteiger partial charge >= 0.3 is 0 Å². The molecule has 0 spiro atoms. The van der Waals surface area contributed by atoms with Gasteiger partial charge in [0.1, 0.15) is 23.3 Å². The molecule has 10 heteroatoms. The number of anilines is 1. The summed E-state index contributed by atoms with van der Waals surface area (Å²) in [6.45, 7) is 0.295. The molecule has 4 N–H and O–H groups in total. The van der Waals surface area contributed by atoms with E-state index in [4.69, 9.17) is 15.6 Å². The first-order valence-corrected chi connectivity index (χ1v) is 11.6. The molecule has 0 radical (unpaired) electrons. The molecule has 0 bridgehead atoms. The number of para-hydroxylation sites is 1. The number of azo groups is 2. The van der Waals surface area contributed by atoms with Crippen LogP contribution in [0.25, 0.3) is 0 Å². The van der Waals surface area contributed by atoms with Crippen molar-refractivity contribution < 1.29 is 24.4 Å². The number of nitrogens with two attached hydrogens (primary N) is 1. The molecule has 5 rings (SSSR count). The van der Waals surface area contributed by atoms with Crippen LogP contribution in [0.1, 0.15) is 30.0 Å². The van der Waals surface area contributed by atoms with Crippen LogP contribution in [0.5, 0.6) is 11.5 Å². The number of ether oxygens (including phenoxy) is 1. The van der Waals surface area contributed by atoms with E-state index in [2.05, 4.69) is 10.2 Å². The van der Waals surface area contributed by atoms with E-state index in [0.29, 0.717) is 24.7 Å². The highest BCUT2D eigenvalue weighted by atomic mass is 16.5. The minimum absolute atomic E-state index is 0.119. The van der Waals surface area contributed by atoms with Crippen molar-refractivity contribution in [2.45, 2.75) is 31.0 Å². The highest BCUT2D eigenvalue weighted by Gasteiger charge is 2.43. The van der Waals surface area contributed by atoms with Crippen molar-refractivity contribution in [3.05, 3.63) is 71.9 Å². The van der Waals surface area contributed by atoms with Gasteiger partial charge in [-0.2, -0.15) is 0 Å². The number of nitrogens with zero attached hydrogens (tertiary/aromatic N) is 5. The van der Waals surface area contributed by atoms with Crippen LogP contribution >= 0.6 is 0 Å². The minimum Gasteiger partial charge on any atom is -0.457 e. The van der Waals surface area contributed by atoms with Crippen molar-refractivity contribution in [3.63, 3.8) is 0 Å². The van der Waals surface area contributed by atoms with Gasteiger partial charge in [0.05, 0.1) is 13.2 Å². The number of aliphatic hydroxyl groups is 2. The number of piperidine rings is 1. The Hall–Kier alpha value is -3.89. The molecule has 35 heavy (non-hydrogen) atoms. The number of carbonyl (C=O) groups is 1. The van der Waals surface area contributed by atoms with Crippen molar-refractivity contribution in [2.75, 3.05) is 25.4 Å². The Morgan fingerprint density at radius 3 is 2.66 bits per heavy atom. The Kier molecular flexibility index (Phi) is 6.39. The number of hydrogen-bond acceptors (Lipinski definition) is 8. The molecular weight excluding hydrogens is 448 g/mol. The van der Waals surface area contributed by atoms with Gasteiger partial charge in [-0.15, -0.1) is 10.2 Å². The van der Waals surface area contributed by atoms with Gasteiger partial charge in [0.25, 0.3) is 11.6 Å². The molecule has 2 aromatic carbocycles. The third-order valence-electron chi connectivity index (χ3n) is 6.34. The molecule has 2 aliphatic rings. The van der Waals surface area contributed by atoms with Crippen molar-refractivity contribution in [1.82, 2.24) is 15.1 Å². The molecule has 2 aliphatic heterocycles. The van der Waals surface area contributed by atoms with Gasteiger partial charge in [0, 0.05) is 13.0 Å². The maximum Gasteiger partial charge on any atom is 0.261 e. The van der Waals surface area contributed by atoms with Crippen LogP contribution in [-0.4, -0.2) is 67.8 Å². The number of likely N-dealkylation sites (tertiary alicyclic amines) is 1. The number of benzene rings is 2. The van der Waals surface area contributed by atoms with E-state index in [-0.39, 0.29) is 12.1 Å². The monoisotopic (exact) mass is 475 g/mol. The summed E-state index contributed by atoms with van der Waals surface area (Å²) in [7, 11) is 0. The Morgan fingerprint density at radius 2 is 1.91 bits per heavy atom. The van der Waals surface area contributed by atoms with Crippen molar-refractivity contribution in [3.8, 4) is 11.5 Å². The van der Waals surface area contributed by atoms with Gasteiger partial charge in [-0.25, -0.2) is 0 Å². The first-order valence-electron chi connectivity index (χ1n) is 11.6. The lowest BCUT2D eigenvalue weighted by molar-refractivity contribution is -0.552. The van der Waals surface area contributed by atoms with E-state index < -0.39 is 18.6 Å². The number of aliphatic hydroxyl groups excluding tert-OH is 2. The summed E-state index contributed by atoms with van der Waals surface area (Å²) in [6.07, 6.45) is 1.79. The first-order chi connectivity index (χ1) is 17.0. The highest BCUT2D eigenvalue weighted by molar-refractivity contribution is 5.80. The fourth-order valence-corrected chi connectivity index (χ4v) is 4.62. The summed E-state index contributed by atoms with van der Waals surface area (Å²) in [5.74, 6) is 1.29. The predicted molar refractivity (Wildman–Crippen MR) is 126 cm³/mol. The summed E-state index contributed by atoms with van der Waals surface area (Å²) in [5.41, 5.74) is 8.70. The van der Waals surface area contributed by atoms with Gasteiger partial charge in [-0.1, -0.05) is 35.0 Å². The SMILES string of the molecule is Nc1nncc2c1C(c1ccc(Oc3ccccc3)cc1)N=[N+]2[C@@H]1CCCN(C(=O)C(O)CO)C1. The molecule has 0 saturated carbocycles. The molecule has 10 nitrogen and oxygen atoms in total. The van der Waals surface area contributed by atoms with E-state index in [9.17, 15) is 15.0 Å². The number of amides is 1. The number of nitrogen functional groups attached to an aromatic ring is 1. The number of aromatic nitrogens is 2. The summed E-state index contributed by atoms with van der Waals surface area (Å²) < 4.78 is 7.78. The molecule has 180 valence electrons. The quantitative estimate of drug-likeness (QED) is 0.466. The zero-order valence-electron chi connectivity index (χ0n) is 19.1. The largest absolute Gasteiger partial charge is 0.457 e. The van der Waals surface area contributed by atoms with Crippen molar-refractivity contribution in [2.24, 2.45) is 5.11 Å². The minimum atomic E-state index is -1.41. The van der Waals surface area contributed by atoms with E-state index in [1.54, 1.807) is 11.1 Å². The Labute approximate surface area is 202 Å². The second kappa shape index (κ2) is 9.77. The maximum atomic E-state index is 12.5. The van der Waals surface area contributed by atoms with Crippen LogP contribution in [0.3, 0.4) is 0 Å². The van der Waals surface area contributed by atoms with Crippen LogP contribution in [0.4, 0.5) is 11.5 Å². The number of carbonyl (C=O) groups excluding carboxylic acids is 1. The van der Waals surface area contributed by atoms with Gasteiger partial charge in [-0.05, 0) is 41.4 Å². The Bertz CT molecular complexity index is 1230. The summed E-state index contributed by atoms with van der Waals surface area (Å²) in [5, 5.41) is 32.0. The smallest absolute Gasteiger partial charge is 0.261 e. The van der Waals surface area contributed by atoms with E-state index in [0.717, 1.165) is 35.4 Å². The molecule has 1 fully saturated rings. The third-order valence-corrected chi connectivity index (χ3v) is 6.34. The summed E-state index contributed by atoms with van der Waals surface area (Å²) in [4.78, 5) is 14.0. The normalized spacial score (nSPS) is 20.2. The molecule has 2 unspecified atom stereocenters. The fraction of sp³-hybridized carbons (Fsp3) is 0.320. The lowest BCUT2D eigenvalue weighted by Crippen LogP contribution is -2.49. The number of rotatable bonds is 6. The standard InChI is InChI=1S/C25H27N6O4/c26-24-22-20(13-27-28-24)31(17-5-4-12-30(14-17)25(34)21(33)15-32)29-23(22)16-8-10-19(11-9-16)35-18-6-2-1-3-7-18/h1-3,6-11,13,17,21,23,32-33H,4-5,12,14-15H2,(H2,26,28)/q+1/t17-,21?,23?/m1/s1. The van der Waals surface area contributed by atoms with Crippen LogP contribution in [0.2, 0.25) is 0 Å². The molecule has 1 saturated heterocycles. The molecule has 1 amide bonds. The van der Waals surface area contributed by atoms with Gasteiger partial charge in [-0.3, -0.25) is 4.79 Å². The Balaban J connectivity index is 1.42. The number of hydrogen-bond donors (Lipinski definition) is 3. The zero-order chi connectivity index (χ0) is 24.4. The van der Waals surface area contributed by atoms with Crippen LogP contribution in [-0.2, 0) is 4.79 Å². The average Bonchev–Trinajstić information content (AvgIpc) is 3.30. The fourth-order valence-electron chi connectivity index (χ4n) is 4.62. The summed E-state index contributed by atoms with van der Waals surface area (Å²) in [6, 6.07) is 16.8. The van der Waals surface area contributed by atoms with Gasteiger partial charge in [0.2, 0.25) is 6.04 Å². The second-order valence-electron chi connectivity index (χ2n) is 8.65. The first kappa shape index (κ1) is 22.9. The lowest BCUT2D eigenvalue weighted by atomic mass is 9.99. The lowest BCUT2D eigenvalue weighted by Gasteiger charge is -2.30. The predicted octanol–water partition coefficient (Wildman–Crippen LogP) is 2.39. The number of fused-ring (bicyclic) bond motifs is 1. The Morgan fingerprint density at radius 1 is 1.17 bits per heavy atom. The van der Waals surface area contributed by atoms with Gasteiger partial charge < -0.3 is 25.6 Å². The van der Waals surface area contributed by atoms with Crippen molar-refractivity contribution >= 4 is 17.4 Å². The summed E-state index contributed by atoms with van der Waals surface area (Å²) >= 11 is 0. The molecule has 3 aromatic rings. The third kappa shape index (κ3) is 4.58. The van der Waals surface area contributed by atoms with E-state index >= 15 is 0 Å². The van der Waals surface area contributed by atoms with Crippen LogP contribution in [0.15, 0.2) is 65.9 Å². The average molecular weight is 476 g/mol. The van der Waals surface area contributed by atoms with Crippen LogP contribution in [0, 0.1) is 0 Å². The highest BCUT2D eigenvalue weighted by Crippen LogP contribution is 2.43. The molecule has 0 aliphatic carbocycles.